The largest absolute Gasteiger partial charge is 0.310 e. The van der Waals surface area contributed by atoms with Crippen molar-refractivity contribution in [1.82, 2.24) is 0 Å². The van der Waals surface area contributed by atoms with Crippen molar-refractivity contribution in [1.29, 1.82) is 0 Å². The van der Waals surface area contributed by atoms with Gasteiger partial charge in [-0.05, 0) is 152 Å². The number of rotatable bonds is 6. The zero-order valence-corrected chi connectivity index (χ0v) is 34.2. The molecule has 10 aromatic rings. The van der Waals surface area contributed by atoms with E-state index in [0.717, 1.165) is 17.1 Å². The Bertz CT molecular complexity index is 3300. The van der Waals surface area contributed by atoms with Crippen molar-refractivity contribution in [2.45, 2.75) is 19.3 Å². The molecule has 0 aromatic heterocycles. The summed E-state index contributed by atoms with van der Waals surface area (Å²) in [5.74, 6) is 0. The lowest BCUT2D eigenvalue weighted by Crippen LogP contribution is -2.26. The molecule has 0 saturated carbocycles. The molecule has 2 heteroatoms. The van der Waals surface area contributed by atoms with E-state index >= 15 is 0 Å². The lowest BCUT2D eigenvalue weighted by Gasteiger charge is -2.33. The van der Waals surface area contributed by atoms with Gasteiger partial charge in [0.05, 0.1) is 11.1 Å². The van der Waals surface area contributed by atoms with Gasteiger partial charge in [-0.3, -0.25) is 0 Å². The highest BCUT2D eigenvalue weighted by Crippen LogP contribution is 2.65. The van der Waals surface area contributed by atoms with E-state index < -0.39 is 5.41 Å². The molecule has 0 atom stereocenters. The van der Waals surface area contributed by atoms with Gasteiger partial charge in [0.25, 0.3) is 0 Å². The first kappa shape index (κ1) is 35.3. The van der Waals surface area contributed by atoms with Gasteiger partial charge in [0, 0.05) is 33.8 Å². The van der Waals surface area contributed by atoms with Crippen molar-refractivity contribution in [2.75, 3.05) is 9.80 Å². The van der Waals surface area contributed by atoms with E-state index in [-0.39, 0.29) is 0 Å². The smallest absolute Gasteiger partial charge is 0.0726 e. The molecule has 2 aliphatic carbocycles. The zero-order valence-electron chi connectivity index (χ0n) is 34.2. The molecule has 12 rings (SSSR count). The number of para-hydroxylation sites is 4. The van der Waals surface area contributed by atoms with Crippen LogP contribution in [-0.2, 0) is 5.41 Å². The van der Waals surface area contributed by atoms with Crippen LogP contribution in [-0.4, -0.2) is 0 Å². The van der Waals surface area contributed by atoms with E-state index in [1.165, 1.54) is 94.2 Å². The first-order valence-corrected chi connectivity index (χ1v) is 21.3. The molecule has 61 heavy (non-hydrogen) atoms. The van der Waals surface area contributed by atoms with E-state index in [0.29, 0.717) is 0 Å². The minimum absolute atomic E-state index is 0.552. The Labute approximate surface area is 357 Å². The van der Waals surface area contributed by atoms with E-state index in [1.807, 2.05) is 0 Å². The first-order chi connectivity index (χ1) is 30.1. The third kappa shape index (κ3) is 5.15. The van der Waals surface area contributed by atoms with Crippen LogP contribution in [0.1, 0.15) is 33.4 Å². The molecular formula is C59H42N2. The fourth-order valence-electron chi connectivity index (χ4n) is 10.6. The number of hydrogen-bond donors (Lipinski definition) is 0. The minimum Gasteiger partial charge on any atom is -0.310 e. The van der Waals surface area contributed by atoms with Gasteiger partial charge in [-0.25, -0.2) is 0 Å². The molecule has 0 amide bonds. The van der Waals surface area contributed by atoms with Gasteiger partial charge >= 0.3 is 0 Å². The van der Waals surface area contributed by atoms with Crippen molar-refractivity contribution >= 4 is 55.7 Å². The van der Waals surface area contributed by atoms with Gasteiger partial charge in [-0.1, -0.05) is 152 Å². The van der Waals surface area contributed by atoms with Crippen LogP contribution in [0.15, 0.2) is 218 Å². The van der Waals surface area contributed by atoms with Crippen molar-refractivity contribution in [2.24, 2.45) is 0 Å². The van der Waals surface area contributed by atoms with Gasteiger partial charge in [0.1, 0.15) is 0 Å². The van der Waals surface area contributed by atoms with Crippen LogP contribution in [0.4, 0.5) is 34.1 Å². The van der Waals surface area contributed by atoms with Crippen molar-refractivity contribution in [3.8, 4) is 22.3 Å². The summed E-state index contributed by atoms with van der Waals surface area (Å²) in [6, 6.07) is 81.0. The highest BCUT2D eigenvalue weighted by molar-refractivity contribution is 6.13. The number of nitrogens with zero attached hydrogens (tertiary/aromatic N) is 2. The summed E-state index contributed by atoms with van der Waals surface area (Å²) in [5.41, 5.74) is 19.4. The Morgan fingerprint density at radius 3 is 1.48 bits per heavy atom. The van der Waals surface area contributed by atoms with E-state index in [1.54, 1.807) is 0 Å². The fraction of sp³-hybridized carbons (Fsp3) is 0.0508. The van der Waals surface area contributed by atoms with Crippen LogP contribution in [0.5, 0.6) is 0 Å². The molecule has 0 saturated heterocycles. The minimum atomic E-state index is -0.552. The van der Waals surface area contributed by atoms with Crippen molar-refractivity contribution in [3.05, 3.63) is 252 Å². The Morgan fingerprint density at radius 2 is 0.836 bits per heavy atom. The number of hydrogen-bond acceptors (Lipinski definition) is 2. The molecule has 10 aromatic carbocycles. The van der Waals surface area contributed by atoms with Crippen LogP contribution in [0.2, 0.25) is 0 Å². The van der Waals surface area contributed by atoms with Crippen molar-refractivity contribution < 1.29 is 0 Å². The second kappa shape index (κ2) is 13.7. The standard InChI is InChI=1S/C59H42N2/c1-39-19-9-17-31-55(39)60(43-21-5-3-6-22-43)45-34-33-41-36-50-53(37-42(41)35-45)59(51-29-15-13-25-46(51)47-26-14-16-30-52(47)59)54-38-57(48-27-11-12-28-49(48)58(50)54)61(44-23-7-4-8-24-44)56-32-18-10-20-40(56)2/h3-38H,1-2H3. The Morgan fingerprint density at radius 1 is 0.311 bits per heavy atom. The highest BCUT2D eigenvalue weighted by atomic mass is 15.2. The highest BCUT2D eigenvalue weighted by Gasteiger charge is 2.52. The molecule has 1 spiro atoms. The number of aryl methyl sites for hydroxylation is 2. The Kier molecular flexibility index (Phi) is 7.92. The van der Waals surface area contributed by atoms with Crippen LogP contribution < -0.4 is 9.80 Å². The summed E-state index contributed by atoms with van der Waals surface area (Å²) in [7, 11) is 0. The van der Waals surface area contributed by atoms with E-state index in [2.05, 4.69) is 242 Å². The number of fused-ring (bicyclic) bond motifs is 13. The lowest BCUT2D eigenvalue weighted by atomic mass is 9.70. The molecule has 0 N–H and O–H groups in total. The zero-order chi connectivity index (χ0) is 40.7. The van der Waals surface area contributed by atoms with Crippen LogP contribution in [0, 0.1) is 13.8 Å². The molecule has 0 aliphatic heterocycles. The summed E-state index contributed by atoms with van der Waals surface area (Å²) in [6.45, 7) is 4.42. The second-order valence-corrected chi connectivity index (χ2v) is 16.5. The fourth-order valence-corrected chi connectivity index (χ4v) is 10.6. The van der Waals surface area contributed by atoms with Gasteiger partial charge in [0.15, 0.2) is 0 Å². The summed E-state index contributed by atoms with van der Waals surface area (Å²) in [6.07, 6.45) is 0. The third-order valence-electron chi connectivity index (χ3n) is 13.3. The summed E-state index contributed by atoms with van der Waals surface area (Å²) in [4.78, 5) is 4.88. The first-order valence-electron chi connectivity index (χ1n) is 21.3. The second-order valence-electron chi connectivity index (χ2n) is 16.5. The average molecular weight is 779 g/mol. The predicted molar refractivity (Wildman–Crippen MR) is 257 cm³/mol. The van der Waals surface area contributed by atoms with Crippen LogP contribution in [0.3, 0.4) is 0 Å². The molecule has 0 unspecified atom stereocenters. The normalized spacial score (nSPS) is 12.9. The number of benzene rings is 10. The quantitative estimate of drug-likeness (QED) is 0.166. The number of anilines is 6. The maximum atomic E-state index is 2.54. The van der Waals surface area contributed by atoms with Crippen LogP contribution in [0.25, 0.3) is 43.8 Å². The van der Waals surface area contributed by atoms with Gasteiger partial charge < -0.3 is 9.80 Å². The molecule has 2 nitrogen and oxygen atoms in total. The topological polar surface area (TPSA) is 6.48 Å². The molecule has 2 aliphatic rings. The SMILES string of the molecule is Cc1ccccc1N(c1ccccc1)c1ccc2cc3c(cc2c1)C1(c2ccccc2-c2ccccc21)c1cc(N(c2ccccc2)c2ccccc2C)c2ccccc2c1-3. The summed E-state index contributed by atoms with van der Waals surface area (Å²) in [5, 5.41) is 4.93. The van der Waals surface area contributed by atoms with E-state index in [9.17, 15) is 0 Å². The molecule has 0 heterocycles. The lowest BCUT2D eigenvalue weighted by molar-refractivity contribution is 0.795. The summed E-state index contributed by atoms with van der Waals surface area (Å²) >= 11 is 0. The average Bonchev–Trinajstić information content (AvgIpc) is 3.77. The van der Waals surface area contributed by atoms with Gasteiger partial charge in [-0.15, -0.1) is 0 Å². The molecule has 0 bridgehead atoms. The molecule has 288 valence electrons. The molecule has 0 fully saturated rings. The van der Waals surface area contributed by atoms with Gasteiger partial charge in [-0.2, -0.15) is 0 Å². The predicted octanol–water partition coefficient (Wildman–Crippen LogP) is 15.9. The third-order valence-corrected chi connectivity index (χ3v) is 13.3. The maximum absolute atomic E-state index is 2.54. The van der Waals surface area contributed by atoms with Crippen LogP contribution >= 0.6 is 0 Å². The Balaban J connectivity index is 1.19. The van der Waals surface area contributed by atoms with Gasteiger partial charge in [0.2, 0.25) is 0 Å². The molecule has 0 radical (unpaired) electrons. The maximum Gasteiger partial charge on any atom is 0.0726 e. The Hall–Kier alpha value is -7.68. The monoisotopic (exact) mass is 778 g/mol. The summed E-state index contributed by atoms with van der Waals surface area (Å²) < 4.78 is 0. The van der Waals surface area contributed by atoms with Crippen molar-refractivity contribution in [3.63, 3.8) is 0 Å². The molecular weight excluding hydrogens is 737 g/mol. The van der Waals surface area contributed by atoms with E-state index in [4.69, 9.17) is 0 Å².